The van der Waals surface area contributed by atoms with E-state index in [4.69, 9.17) is 9.47 Å². The fourth-order valence-electron chi connectivity index (χ4n) is 3.95. The van der Waals surface area contributed by atoms with Crippen LogP contribution in [0.25, 0.3) is 27.7 Å². The number of carbonyl (C=O) groups excluding carboxylic acids is 2. The Morgan fingerprint density at radius 1 is 0.923 bits per heavy atom. The van der Waals surface area contributed by atoms with E-state index in [1.807, 2.05) is 35.1 Å². The Labute approximate surface area is 249 Å². The SMILES string of the molecule is C=C(C(=O)c1ccc(S(=O)(=O)NC(=O)C(C)C)cc1)c1cc(-c2cc3ccccc3[nH]2)c(OC)cc1OC.[Na+]. The van der Waals surface area contributed by atoms with Gasteiger partial charge in [-0.25, -0.2) is 13.1 Å². The number of nitrogens with one attached hydrogen (secondary N) is 2. The van der Waals surface area contributed by atoms with E-state index in [-0.39, 0.29) is 45.6 Å². The molecule has 8 nitrogen and oxygen atoms in total. The molecule has 0 saturated heterocycles. The van der Waals surface area contributed by atoms with Gasteiger partial charge in [-0.05, 0) is 42.5 Å². The number of Topliss-reactive ketones (excluding diaryl/α,β-unsaturated/α-hetero) is 1. The van der Waals surface area contributed by atoms with Crippen LogP contribution in [-0.2, 0) is 14.8 Å². The third-order valence-corrected chi connectivity index (χ3v) is 7.49. The number of allylic oxidation sites excluding steroid dienone is 1. The summed E-state index contributed by atoms with van der Waals surface area (Å²) in [5.41, 5.74) is 3.32. The van der Waals surface area contributed by atoms with E-state index in [1.54, 1.807) is 33.1 Å². The van der Waals surface area contributed by atoms with Gasteiger partial charge in [-0.1, -0.05) is 38.6 Å². The van der Waals surface area contributed by atoms with Crippen LogP contribution in [0.1, 0.15) is 29.8 Å². The van der Waals surface area contributed by atoms with Gasteiger partial charge in [-0.3, -0.25) is 9.59 Å². The molecule has 1 aromatic heterocycles. The number of carbonyl (C=O) groups is 2. The molecule has 1 amide bonds. The van der Waals surface area contributed by atoms with E-state index in [0.717, 1.165) is 22.2 Å². The second kappa shape index (κ2) is 12.2. The molecule has 2 N–H and O–H groups in total. The monoisotopic (exact) mass is 555 g/mol. The summed E-state index contributed by atoms with van der Waals surface area (Å²) in [5, 5.41) is 1.02. The topological polar surface area (TPSA) is 115 Å². The number of rotatable bonds is 9. The van der Waals surface area contributed by atoms with Crippen LogP contribution in [0.2, 0.25) is 0 Å². The minimum Gasteiger partial charge on any atom is -0.496 e. The van der Waals surface area contributed by atoms with Crippen LogP contribution in [0.15, 0.2) is 78.2 Å². The molecular weight excluding hydrogens is 527 g/mol. The van der Waals surface area contributed by atoms with Gasteiger partial charge < -0.3 is 14.5 Å². The minimum absolute atomic E-state index is 0. The average molecular weight is 556 g/mol. The largest absolute Gasteiger partial charge is 1.00 e. The number of ketones is 1. The summed E-state index contributed by atoms with van der Waals surface area (Å²) in [6.07, 6.45) is 0. The number of methoxy groups -OCH3 is 2. The molecule has 0 aliphatic rings. The molecule has 0 aliphatic heterocycles. The maximum atomic E-state index is 13.4. The van der Waals surface area contributed by atoms with Crippen molar-refractivity contribution in [2.75, 3.05) is 14.2 Å². The molecule has 39 heavy (non-hydrogen) atoms. The van der Waals surface area contributed by atoms with Gasteiger partial charge in [0.25, 0.3) is 10.0 Å². The van der Waals surface area contributed by atoms with Crippen LogP contribution < -0.4 is 43.8 Å². The van der Waals surface area contributed by atoms with Gasteiger partial charge in [-0.15, -0.1) is 0 Å². The van der Waals surface area contributed by atoms with Crippen molar-refractivity contribution in [3.63, 3.8) is 0 Å². The third-order valence-electron chi connectivity index (χ3n) is 6.13. The van der Waals surface area contributed by atoms with E-state index < -0.39 is 27.6 Å². The molecule has 0 saturated carbocycles. The Morgan fingerprint density at radius 2 is 1.56 bits per heavy atom. The first-order valence-electron chi connectivity index (χ1n) is 11.8. The smallest absolute Gasteiger partial charge is 0.496 e. The van der Waals surface area contributed by atoms with Crippen molar-refractivity contribution < 1.29 is 57.0 Å². The third kappa shape index (κ3) is 6.28. The van der Waals surface area contributed by atoms with E-state index in [0.29, 0.717) is 17.1 Å². The van der Waals surface area contributed by atoms with Gasteiger partial charge in [0.15, 0.2) is 5.78 Å². The number of aromatic amines is 1. The second-order valence-corrected chi connectivity index (χ2v) is 10.7. The Kier molecular flexibility index (Phi) is 9.45. The van der Waals surface area contributed by atoms with Gasteiger partial charge in [0, 0.05) is 45.2 Å². The summed E-state index contributed by atoms with van der Waals surface area (Å²) < 4.78 is 38.2. The summed E-state index contributed by atoms with van der Waals surface area (Å²) in [6.45, 7) is 7.20. The van der Waals surface area contributed by atoms with Crippen LogP contribution in [0, 0.1) is 5.92 Å². The molecule has 0 bridgehead atoms. The molecule has 1 heterocycles. The van der Waals surface area contributed by atoms with Crippen molar-refractivity contribution in [1.82, 2.24) is 9.71 Å². The maximum Gasteiger partial charge on any atom is 1.00 e. The Morgan fingerprint density at radius 3 is 2.15 bits per heavy atom. The average Bonchev–Trinajstić information content (AvgIpc) is 3.35. The molecule has 0 fully saturated rings. The Hall–Kier alpha value is -3.37. The summed E-state index contributed by atoms with van der Waals surface area (Å²) in [7, 11) is -1.01. The van der Waals surface area contributed by atoms with Crippen molar-refractivity contribution in [3.8, 4) is 22.8 Å². The summed E-state index contributed by atoms with van der Waals surface area (Å²) in [4.78, 5) is 28.5. The number of benzene rings is 3. The van der Waals surface area contributed by atoms with Crippen molar-refractivity contribution >= 4 is 38.2 Å². The summed E-state index contributed by atoms with van der Waals surface area (Å²) >= 11 is 0. The number of H-pyrrole nitrogens is 1. The van der Waals surface area contributed by atoms with Crippen LogP contribution >= 0.6 is 0 Å². The summed E-state index contributed by atoms with van der Waals surface area (Å²) in [6, 6.07) is 18.6. The molecule has 196 valence electrons. The molecule has 0 atom stereocenters. The number of aromatic nitrogens is 1. The fourth-order valence-corrected chi connectivity index (χ4v) is 5.07. The van der Waals surface area contributed by atoms with Crippen LogP contribution in [0.5, 0.6) is 11.5 Å². The molecule has 0 radical (unpaired) electrons. The van der Waals surface area contributed by atoms with Gasteiger partial charge in [-0.2, -0.15) is 0 Å². The van der Waals surface area contributed by atoms with Crippen molar-refractivity contribution in [3.05, 3.63) is 84.4 Å². The number of ether oxygens (including phenoxy) is 2. The van der Waals surface area contributed by atoms with Gasteiger partial charge in [0.2, 0.25) is 5.91 Å². The number of sulfonamides is 1. The number of hydrogen-bond donors (Lipinski definition) is 2. The van der Waals surface area contributed by atoms with E-state index in [1.165, 1.54) is 31.4 Å². The number of para-hydroxylation sites is 1. The molecule has 0 unspecified atom stereocenters. The standard InChI is InChI=1S/C29H28N2O6S.Na/c1-17(2)29(33)31-38(34,35)21-12-10-19(11-13-21)28(32)18(3)22-15-23(27(37-5)16-26(22)36-4)25-14-20-8-6-7-9-24(20)30-25;/h6-17,30H,3H2,1-2,4-5H3,(H,31,33);/q;+1. The molecule has 3 aromatic carbocycles. The van der Waals surface area contributed by atoms with E-state index in [2.05, 4.69) is 11.6 Å². The zero-order chi connectivity index (χ0) is 27.6. The summed E-state index contributed by atoms with van der Waals surface area (Å²) in [5.74, 6) is -0.573. The number of amides is 1. The van der Waals surface area contributed by atoms with Gasteiger partial charge in [0.1, 0.15) is 11.5 Å². The first kappa shape index (κ1) is 30.2. The second-order valence-electron chi connectivity index (χ2n) is 8.98. The fraction of sp³-hybridized carbons (Fsp3) is 0.172. The molecule has 4 aromatic rings. The zero-order valence-electron chi connectivity index (χ0n) is 22.5. The van der Waals surface area contributed by atoms with E-state index in [9.17, 15) is 18.0 Å². The molecule has 4 rings (SSSR count). The number of hydrogen-bond acceptors (Lipinski definition) is 6. The van der Waals surface area contributed by atoms with Crippen molar-refractivity contribution in [2.24, 2.45) is 5.92 Å². The predicted molar refractivity (Wildman–Crippen MR) is 147 cm³/mol. The van der Waals surface area contributed by atoms with Crippen LogP contribution in [0.4, 0.5) is 0 Å². The molecule has 10 heteroatoms. The molecule has 0 spiro atoms. The zero-order valence-corrected chi connectivity index (χ0v) is 25.3. The Balaban J connectivity index is 0.00000420. The van der Waals surface area contributed by atoms with Crippen molar-refractivity contribution in [1.29, 1.82) is 0 Å². The first-order valence-corrected chi connectivity index (χ1v) is 13.3. The minimum atomic E-state index is -4.06. The van der Waals surface area contributed by atoms with E-state index >= 15 is 0 Å². The maximum absolute atomic E-state index is 13.4. The van der Waals surface area contributed by atoms with Crippen LogP contribution in [-0.4, -0.2) is 39.3 Å². The number of fused-ring (bicyclic) bond motifs is 1. The van der Waals surface area contributed by atoms with Gasteiger partial charge >= 0.3 is 29.6 Å². The molecular formula is C29H28N2NaO6S+. The quantitative estimate of drug-likeness (QED) is 0.186. The predicted octanol–water partition coefficient (Wildman–Crippen LogP) is 2.21. The Bertz CT molecular complexity index is 1620. The van der Waals surface area contributed by atoms with Gasteiger partial charge in [0.05, 0.1) is 24.8 Å². The van der Waals surface area contributed by atoms with Crippen molar-refractivity contribution in [2.45, 2.75) is 18.7 Å². The normalized spacial score (nSPS) is 11.1. The molecule has 0 aliphatic carbocycles. The first-order chi connectivity index (χ1) is 18.1. The van der Waals surface area contributed by atoms with Crippen LogP contribution in [0.3, 0.4) is 0 Å².